The maximum Gasteiger partial charge on any atom is 0.293 e. The molecule has 0 saturated carbocycles. The number of anilines is 1. The summed E-state index contributed by atoms with van der Waals surface area (Å²) in [5.74, 6) is -0.586. The highest BCUT2D eigenvalue weighted by Gasteiger charge is 2.17. The van der Waals surface area contributed by atoms with Crippen LogP contribution in [-0.4, -0.2) is 31.9 Å². The number of nitro benzene ring substituents is 1. The molecule has 0 heterocycles. The average molecular weight is 402 g/mol. The molecule has 0 spiro atoms. The van der Waals surface area contributed by atoms with Gasteiger partial charge in [0.05, 0.1) is 14.2 Å². The first-order chi connectivity index (χ1) is 8.70. The summed E-state index contributed by atoms with van der Waals surface area (Å²) in [6, 6.07) is 2.18. The largest absolute Gasteiger partial charge is 0.379 e. The molecular weight excluding hydrogens is 390 g/mol. The lowest BCUT2D eigenvalue weighted by Crippen LogP contribution is -2.11. The molecular formula is C10H12FIN2O4S. The fourth-order valence-electron chi connectivity index (χ4n) is 1.39. The first-order valence-corrected chi connectivity index (χ1v) is 8.39. The molecule has 0 aromatic heterocycles. The van der Waals surface area contributed by atoms with E-state index in [2.05, 4.69) is 5.32 Å². The smallest absolute Gasteiger partial charge is 0.293 e. The molecule has 6 nitrogen and oxygen atoms in total. The van der Waals surface area contributed by atoms with Crippen LogP contribution in [0.15, 0.2) is 12.1 Å². The molecule has 1 N–H and O–H groups in total. The zero-order valence-corrected chi connectivity index (χ0v) is 13.0. The summed E-state index contributed by atoms with van der Waals surface area (Å²) < 4.78 is 35.4. The first kappa shape index (κ1) is 16.1. The van der Waals surface area contributed by atoms with Crippen LogP contribution in [0.4, 0.5) is 15.8 Å². The van der Waals surface area contributed by atoms with Gasteiger partial charge >= 0.3 is 0 Å². The summed E-state index contributed by atoms with van der Waals surface area (Å²) in [5, 5.41) is 13.5. The highest BCUT2D eigenvalue weighted by molar-refractivity contribution is 14.1. The van der Waals surface area contributed by atoms with Crippen LogP contribution in [0.5, 0.6) is 0 Å². The number of benzene rings is 1. The second-order valence-corrected chi connectivity index (χ2v) is 7.37. The highest BCUT2D eigenvalue weighted by atomic mass is 127. The first-order valence-electron chi connectivity index (χ1n) is 5.26. The van der Waals surface area contributed by atoms with Crippen LogP contribution in [0.1, 0.15) is 6.42 Å². The molecule has 1 aromatic rings. The number of nitrogens with one attached hydrogen (secondary N) is 1. The molecule has 0 bridgehead atoms. The summed E-state index contributed by atoms with van der Waals surface area (Å²) in [4.78, 5) is 10.2. The summed E-state index contributed by atoms with van der Waals surface area (Å²) in [7, 11) is -3.07. The second-order valence-electron chi connectivity index (χ2n) is 3.95. The lowest BCUT2D eigenvalue weighted by molar-refractivity contribution is -0.384. The SMILES string of the molecule is CS(=O)(=O)CCCNc1cc(F)c(I)cc1[N+](=O)[O-]. The van der Waals surface area contributed by atoms with E-state index in [1.807, 2.05) is 0 Å². The van der Waals surface area contributed by atoms with Gasteiger partial charge in [-0.15, -0.1) is 0 Å². The molecule has 1 rings (SSSR count). The molecule has 0 aliphatic rings. The van der Waals surface area contributed by atoms with E-state index in [0.717, 1.165) is 18.4 Å². The lowest BCUT2D eigenvalue weighted by Gasteiger charge is -2.07. The number of halogens is 2. The molecule has 106 valence electrons. The molecule has 19 heavy (non-hydrogen) atoms. The molecule has 9 heteroatoms. The summed E-state index contributed by atoms with van der Waals surface area (Å²) >= 11 is 1.67. The molecule has 0 saturated heterocycles. The molecule has 0 aliphatic heterocycles. The van der Waals surface area contributed by atoms with Crippen molar-refractivity contribution in [1.29, 1.82) is 0 Å². The van der Waals surface area contributed by atoms with E-state index in [1.165, 1.54) is 0 Å². The number of nitrogens with zero attached hydrogens (tertiary/aromatic N) is 1. The van der Waals surface area contributed by atoms with Gasteiger partial charge in [-0.25, -0.2) is 12.8 Å². The minimum atomic E-state index is -3.07. The van der Waals surface area contributed by atoms with Crippen LogP contribution in [0.3, 0.4) is 0 Å². The van der Waals surface area contributed by atoms with Crippen molar-refractivity contribution in [3.05, 3.63) is 31.6 Å². The molecule has 0 aliphatic carbocycles. The van der Waals surface area contributed by atoms with Crippen LogP contribution < -0.4 is 5.32 Å². The predicted octanol–water partition coefficient (Wildman–Crippen LogP) is 2.19. The third kappa shape index (κ3) is 5.27. The van der Waals surface area contributed by atoms with Gasteiger partial charge in [-0.2, -0.15) is 0 Å². The Morgan fingerprint density at radius 1 is 1.47 bits per heavy atom. The molecule has 0 radical (unpaired) electrons. The van der Waals surface area contributed by atoms with Crippen molar-refractivity contribution in [2.24, 2.45) is 0 Å². The Morgan fingerprint density at radius 3 is 2.63 bits per heavy atom. The second kappa shape index (κ2) is 6.46. The number of sulfone groups is 1. The van der Waals surface area contributed by atoms with E-state index >= 15 is 0 Å². The van der Waals surface area contributed by atoms with Gasteiger partial charge in [0.2, 0.25) is 0 Å². The van der Waals surface area contributed by atoms with E-state index in [-0.39, 0.29) is 27.2 Å². The van der Waals surface area contributed by atoms with E-state index in [9.17, 15) is 22.9 Å². The van der Waals surface area contributed by atoms with Gasteiger partial charge in [0.1, 0.15) is 21.3 Å². The maximum atomic E-state index is 13.4. The quantitative estimate of drug-likeness (QED) is 0.341. The Balaban J connectivity index is 2.77. The van der Waals surface area contributed by atoms with E-state index in [1.54, 1.807) is 22.6 Å². The normalized spacial score (nSPS) is 11.3. The molecule has 0 fully saturated rings. The highest BCUT2D eigenvalue weighted by Crippen LogP contribution is 2.28. The standard InChI is InChI=1S/C10H12FIN2O4S/c1-19(17,18)4-2-3-13-9-5-7(11)8(12)6-10(9)14(15)16/h5-6,13H,2-4H2,1H3. The van der Waals surface area contributed by atoms with Crippen LogP contribution in [0, 0.1) is 19.5 Å². The van der Waals surface area contributed by atoms with Gasteiger partial charge in [-0.05, 0) is 29.0 Å². The molecule has 0 unspecified atom stereocenters. The average Bonchev–Trinajstić information content (AvgIpc) is 2.27. The Labute approximate surface area is 123 Å². The van der Waals surface area contributed by atoms with E-state index < -0.39 is 20.6 Å². The van der Waals surface area contributed by atoms with Crippen LogP contribution in [-0.2, 0) is 9.84 Å². The van der Waals surface area contributed by atoms with Gasteiger partial charge in [0.25, 0.3) is 5.69 Å². The van der Waals surface area contributed by atoms with Crippen LogP contribution >= 0.6 is 22.6 Å². The van der Waals surface area contributed by atoms with Crippen molar-refractivity contribution in [3.8, 4) is 0 Å². The topological polar surface area (TPSA) is 89.3 Å². The molecule has 1 aromatic carbocycles. The summed E-state index contributed by atoms with van der Waals surface area (Å²) in [6.45, 7) is 0.216. The minimum Gasteiger partial charge on any atom is -0.379 e. The molecule has 0 amide bonds. The third-order valence-corrected chi connectivity index (χ3v) is 4.10. The van der Waals surface area contributed by atoms with Gasteiger partial charge in [-0.1, -0.05) is 0 Å². The van der Waals surface area contributed by atoms with Crippen molar-refractivity contribution in [2.45, 2.75) is 6.42 Å². The Bertz CT molecular complexity index is 591. The maximum absolute atomic E-state index is 13.4. The number of rotatable bonds is 6. The zero-order chi connectivity index (χ0) is 14.6. The Kier molecular flexibility index (Phi) is 5.47. The lowest BCUT2D eigenvalue weighted by atomic mass is 10.2. The van der Waals surface area contributed by atoms with Crippen molar-refractivity contribution < 1.29 is 17.7 Å². The van der Waals surface area contributed by atoms with Gasteiger partial charge < -0.3 is 5.32 Å². The predicted molar refractivity (Wildman–Crippen MR) is 78.6 cm³/mol. The van der Waals surface area contributed by atoms with Crippen molar-refractivity contribution in [2.75, 3.05) is 23.9 Å². The van der Waals surface area contributed by atoms with Crippen molar-refractivity contribution in [1.82, 2.24) is 0 Å². The summed E-state index contributed by atoms with van der Waals surface area (Å²) in [6.07, 6.45) is 1.41. The number of hydrogen-bond donors (Lipinski definition) is 1. The van der Waals surface area contributed by atoms with Crippen LogP contribution in [0.25, 0.3) is 0 Å². The number of hydrogen-bond acceptors (Lipinski definition) is 5. The van der Waals surface area contributed by atoms with Crippen molar-refractivity contribution in [3.63, 3.8) is 0 Å². The van der Waals surface area contributed by atoms with Gasteiger partial charge in [0, 0.05) is 24.9 Å². The monoisotopic (exact) mass is 402 g/mol. The fraction of sp³-hybridized carbons (Fsp3) is 0.400. The zero-order valence-electron chi connectivity index (χ0n) is 10.0. The molecule has 0 atom stereocenters. The van der Waals surface area contributed by atoms with Gasteiger partial charge in [-0.3, -0.25) is 10.1 Å². The third-order valence-electron chi connectivity index (χ3n) is 2.24. The van der Waals surface area contributed by atoms with E-state index in [0.29, 0.717) is 6.42 Å². The minimum absolute atomic E-state index is 0.0271. The van der Waals surface area contributed by atoms with Crippen LogP contribution in [0.2, 0.25) is 0 Å². The Hall–Kier alpha value is -0.970. The fourth-order valence-corrected chi connectivity index (χ4v) is 2.51. The number of nitro groups is 1. The van der Waals surface area contributed by atoms with Gasteiger partial charge in [0.15, 0.2) is 0 Å². The summed E-state index contributed by atoms with van der Waals surface area (Å²) in [5.41, 5.74) is -0.179. The Morgan fingerprint density at radius 2 is 2.11 bits per heavy atom. The van der Waals surface area contributed by atoms with E-state index in [4.69, 9.17) is 0 Å². The van der Waals surface area contributed by atoms with Crippen molar-refractivity contribution >= 4 is 43.8 Å².